The van der Waals surface area contributed by atoms with E-state index >= 15 is 0 Å². The van der Waals surface area contributed by atoms with E-state index in [-0.39, 0.29) is 0 Å². The van der Waals surface area contributed by atoms with Crippen LogP contribution in [0.5, 0.6) is 5.75 Å². The van der Waals surface area contributed by atoms with E-state index in [1.54, 1.807) is 4.68 Å². The Kier molecular flexibility index (Phi) is 3.23. The van der Waals surface area contributed by atoms with E-state index < -0.39 is 0 Å². The van der Waals surface area contributed by atoms with E-state index in [2.05, 4.69) is 25.5 Å². The van der Waals surface area contributed by atoms with Gasteiger partial charge in [0.2, 0.25) is 5.82 Å². The van der Waals surface area contributed by atoms with Gasteiger partial charge in [0.15, 0.2) is 5.82 Å². The molecule has 0 aliphatic heterocycles. The number of tetrazole rings is 1. The molecule has 0 fully saturated rings. The average Bonchev–Trinajstić information content (AvgIpc) is 3.22. The molecule has 0 spiro atoms. The Balaban J connectivity index is 1.75. The number of ether oxygens (including phenoxy) is 1. The van der Waals surface area contributed by atoms with E-state index in [0.717, 1.165) is 22.5 Å². The second kappa shape index (κ2) is 5.53. The predicted molar refractivity (Wildman–Crippen MR) is 85.4 cm³/mol. The summed E-state index contributed by atoms with van der Waals surface area (Å²) in [6.07, 6.45) is 0. The van der Waals surface area contributed by atoms with Gasteiger partial charge in [0.05, 0.1) is 23.3 Å². The first-order chi connectivity index (χ1) is 11.3. The van der Waals surface area contributed by atoms with Crippen LogP contribution in [0.4, 0.5) is 0 Å². The molecular weight excluding hydrogens is 292 g/mol. The Labute approximate surface area is 131 Å². The van der Waals surface area contributed by atoms with Crippen molar-refractivity contribution in [2.24, 2.45) is 0 Å². The zero-order chi connectivity index (χ0) is 15.6. The molecule has 7 nitrogen and oxygen atoms in total. The van der Waals surface area contributed by atoms with Gasteiger partial charge in [0, 0.05) is 0 Å². The molecule has 0 bridgehead atoms. The number of aromatic nitrogens is 6. The summed E-state index contributed by atoms with van der Waals surface area (Å²) >= 11 is 0. The van der Waals surface area contributed by atoms with E-state index in [1.165, 1.54) is 0 Å². The van der Waals surface area contributed by atoms with Gasteiger partial charge >= 0.3 is 0 Å². The first kappa shape index (κ1) is 13.4. The number of nitrogens with zero attached hydrogens (tertiary/aromatic N) is 5. The van der Waals surface area contributed by atoms with Crippen LogP contribution >= 0.6 is 0 Å². The molecule has 0 atom stereocenters. The van der Waals surface area contributed by atoms with E-state index in [0.29, 0.717) is 18.3 Å². The zero-order valence-corrected chi connectivity index (χ0v) is 12.5. The van der Waals surface area contributed by atoms with Crippen LogP contribution in [0.2, 0.25) is 0 Å². The largest absolute Gasteiger partial charge is 0.494 e. The number of hydrogen-bond acceptors (Lipinski definition) is 5. The Morgan fingerprint density at radius 2 is 1.91 bits per heavy atom. The van der Waals surface area contributed by atoms with Crippen LogP contribution in [0.3, 0.4) is 0 Å². The Morgan fingerprint density at radius 3 is 2.70 bits per heavy atom. The number of H-pyrrole nitrogens is 1. The third-order valence-corrected chi connectivity index (χ3v) is 3.46. The van der Waals surface area contributed by atoms with Crippen molar-refractivity contribution in [1.82, 2.24) is 30.2 Å². The van der Waals surface area contributed by atoms with Crippen molar-refractivity contribution in [1.29, 1.82) is 0 Å². The zero-order valence-electron chi connectivity index (χ0n) is 12.5. The third-order valence-electron chi connectivity index (χ3n) is 3.46. The molecule has 2 heterocycles. The molecule has 7 heteroatoms. The minimum atomic E-state index is 0.561. The van der Waals surface area contributed by atoms with Crippen molar-refractivity contribution in [3.63, 3.8) is 0 Å². The van der Waals surface area contributed by atoms with Gasteiger partial charge in [-0.05, 0) is 53.7 Å². The first-order valence-electron chi connectivity index (χ1n) is 7.32. The normalized spacial score (nSPS) is 11.0. The molecule has 0 radical (unpaired) electrons. The van der Waals surface area contributed by atoms with Crippen molar-refractivity contribution in [3.05, 3.63) is 48.5 Å². The molecule has 0 aliphatic carbocycles. The molecule has 0 saturated heterocycles. The second-order valence-corrected chi connectivity index (χ2v) is 4.94. The van der Waals surface area contributed by atoms with E-state index in [9.17, 15) is 0 Å². The van der Waals surface area contributed by atoms with Crippen molar-refractivity contribution in [2.45, 2.75) is 6.92 Å². The first-order valence-corrected chi connectivity index (χ1v) is 7.32. The summed E-state index contributed by atoms with van der Waals surface area (Å²) in [6.45, 7) is 2.59. The highest BCUT2D eigenvalue weighted by molar-refractivity contribution is 5.78. The van der Waals surface area contributed by atoms with Gasteiger partial charge in [-0.1, -0.05) is 12.1 Å². The summed E-state index contributed by atoms with van der Waals surface area (Å²) < 4.78 is 7.10. The highest BCUT2D eigenvalue weighted by atomic mass is 16.5. The number of nitrogens with one attached hydrogen (secondary N) is 1. The van der Waals surface area contributed by atoms with Gasteiger partial charge in [0.25, 0.3) is 0 Å². The number of rotatable bonds is 4. The SMILES string of the molecule is CCOc1ccc(-n2nnnc2-c2nc3ccccc3[nH]2)cc1. The molecule has 0 aliphatic rings. The summed E-state index contributed by atoms with van der Waals surface area (Å²) in [5, 5.41) is 11.9. The third kappa shape index (κ3) is 2.42. The molecule has 2 aromatic heterocycles. The average molecular weight is 306 g/mol. The van der Waals surface area contributed by atoms with Crippen molar-refractivity contribution < 1.29 is 4.74 Å². The highest BCUT2D eigenvalue weighted by Crippen LogP contribution is 2.21. The van der Waals surface area contributed by atoms with Crippen LogP contribution in [-0.4, -0.2) is 36.8 Å². The molecule has 0 unspecified atom stereocenters. The molecule has 4 aromatic rings. The summed E-state index contributed by atoms with van der Waals surface area (Å²) in [6, 6.07) is 15.4. The van der Waals surface area contributed by atoms with Crippen molar-refractivity contribution >= 4 is 11.0 Å². The summed E-state index contributed by atoms with van der Waals surface area (Å²) in [4.78, 5) is 7.79. The van der Waals surface area contributed by atoms with E-state index in [1.807, 2.05) is 55.5 Å². The fraction of sp³-hybridized carbons (Fsp3) is 0.125. The second-order valence-electron chi connectivity index (χ2n) is 4.94. The van der Waals surface area contributed by atoms with Gasteiger partial charge in [-0.2, -0.15) is 4.68 Å². The fourth-order valence-corrected chi connectivity index (χ4v) is 2.42. The van der Waals surface area contributed by atoms with Crippen LogP contribution in [0.25, 0.3) is 28.4 Å². The monoisotopic (exact) mass is 306 g/mol. The lowest BCUT2D eigenvalue weighted by atomic mass is 10.3. The van der Waals surface area contributed by atoms with Gasteiger partial charge in [-0.25, -0.2) is 4.98 Å². The number of aromatic amines is 1. The fourth-order valence-electron chi connectivity index (χ4n) is 2.42. The molecule has 0 amide bonds. The van der Waals surface area contributed by atoms with Gasteiger partial charge in [0.1, 0.15) is 5.75 Å². The van der Waals surface area contributed by atoms with Crippen LogP contribution in [0.15, 0.2) is 48.5 Å². The van der Waals surface area contributed by atoms with Gasteiger partial charge < -0.3 is 9.72 Å². The maximum absolute atomic E-state index is 5.45. The number of imidazole rings is 1. The molecule has 0 saturated carbocycles. The lowest BCUT2D eigenvalue weighted by molar-refractivity contribution is 0.340. The Morgan fingerprint density at radius 1 is 1.09 bits per heavy atom. The maximum atomic E-state index is 5.45. The smallest absolute Gasteiger partial charge is 0.222 e. The van der Waals surface area contributed by atoms with E-state index in [4.69, 9.17) is 4.74 Å². The van der Waals surface area contributed by atoms with Crippen LogP contribution in [0.1, 0.15) is 6.92 Å². The molecule has 23 heavy (non-hydrogen) atoms. The van der Waals surface area contributed by atoms with Gasteiger partial charge in [-0.3, -0.25) is 0 Å². The standard InChI is InChI=1S/C16H14N6O/c1-2-23-12-9-7-11(8-10-12)22-16(19-20-21-22)15-17-13-5-3-4-6-14(13)18-15/h3-10H,2H2,1H3,(H,17,18). The number of para-hydroxylation sites is 2. The minimum absolute atomic E-state index is 0.561. The summed E-state index contributed by atoms with van der Waals surface area (Å²) in [7, 11) is 0. The summed E-state index contributed by atoms with van der Waals surface area (Å²) in [5.41, 5.74) is 2.67. The number of benzene rings is 2. The lowest BCUT2D eigenvalue weighted by Gasteiger charge is -2.05. The summed E-state index contributed by atoms with van der Waals surface area (Å²) in [5.74, 6) is 2.00. The predicted octanol–water partition coefficient (Wildman–Crippen LogP) is 2.60. The Bertz CT molecular complexity index is 908. The highest BCUT2D eigenvalue weighted by Gasteiger charge is 2.14. The molecule has 1 N–H and O–H groups in total. The van der Waals surface area contributed by atoms with Crippen molar-refractivity contribution in [2.75, 3.05) is 6.61 Å². The Hall–Kier alpha value is -3.22. The number of fused-ring (bicyclic) bond motifs is 1. The molecule has 114 valence electrons. The molecule has 4 rings (SSSR count). The van der Waals surface area contributed by atoms with Crippen molar-refractivity contribution in [3.8, 4) is 23.1 Å². The van der Waals surface area contributed by atoms with Crippen LogP contribution < -0.4 is 4.74 Å². The topological polar surface area (TPSA) is 81.5 Å². The maximum Gasteiger partial charge on any atom is 0.222 e. The van der Waals surface area contributed by atoms with Crippen LogP contribution in [0, 0.1) is 0 Å². The molecular formula is C16H14N6O. The lowest BCUT2D eigenvalue weighted by Crippen LogP contribution is -2.01. The van der Waals surface area contributed by atoms with Gasteiger partial charge in [-0.15, -0.1) is 5.10 Å². The van der Waals surface area contributed by atoms with Crippen LogP contribution in [-0.2, 0) is 0 Å². The minimum Gasteiger partial charge on any atom is -0.494 e. The quantitative estimate of drug-likeness (QED) is 0.626. The number of hydrogen-bond donors (Lipinski definition) is 1. The molecule has 2 aromatic carbocycles.